The molecule has 0 unspecified atom stereocenters. The monoisotopic (exact) mass is 811 g/mol. The first-order chi connectivity index (χ1) is 24.2. The van der Waals surface area contributed by atoms with Crippen LogP contribution in [0, 0.1) is 3.80 Å². The summed E-state index contributed by atoms with van der Waals surface area (Å²) >= 11 is 2.46. The molecule has 0 atom stereocenters. The van der Waals surface area contributed by atoms with Gasteiger partial charge in [0.1, 0.15) is 0 Å². The summed E-state index contributed by atoms with van der Waals surface area (Å²) in [7, 11) is 2.15. The van der Waals surface area contributed by atoms with Crippen LogP contribution in [-0.2, 0) is 26.4 Å². The molecule has 5 nitrogen and oxygen atoms in total. The number of hydrogen-bond donors (Lipinski definition) is 0. The molecule has 0 saturated carbocycles. The molecule has 10 rings (SSSR count). The van der Waals surface area contributed by atoms with Gasteiger partial charge in [0.05, 0.1) is 0 Å². The van der Waals surface area contributed by atoms with Crippen molar-refractivity contribution in [2.45, 2.75) is 0 Å². The number of imidazole rings is 1. The Hall–Kier alpha value is -5.77. The topological polar surface area (TPSA) is 36.4 Å². The Bertz CT molecular complexity index is 3060. The van der Waals surface area contributed by atoms with Gasteiger partial charge in [-0.3, -0.25) is 0 Å². The number of ether oxygens (including phenoxy) is 1. The minimum absolute atomic E-state index is 0.766. The van der Waals surface area contributed by atoms with Crippen molar-refractivity contribution in [1.29, 1.82) is 0 Å². The number of rotatable bonds is 3. The summed E-state index contributed by atoms with van der Waals surface area (Å²) in [6.07, 6.45) is 1.84. The summed E-state index contributed by atoms with van der Waals surface area (Å²) in [6.45, 7) is 0. The number of nitrogens with zero attached hydrogens (tertiary/aromatic N) is 4. The third kappa shape index (κ3) is 4.22. The molecule has 0 bridgehead atoms. The van der Waals surface area contributed by atoms with Crippen LogP contribution in [-0.4, -0.2) is 18.5 Å². The Morgan fingerprint density at radius 3 is 1.71 bits per heavy atom. The maximum absolute atomic E-state index is 6.77. The van der Waals surface area contributed by atoms with Crippen molar-refractivity contribution in [3.05, 3.63) is 156 Å². The molecule has 49 heavy (non-hydrogen) atoms. The summed E-state index contributed by atoms with van der Waals surface area (Å²) in [4.78, 5) is 4.70. The van der Waals surface area contributed by atoms with Gasteiger partial charge in [-0.25, -0.2) is 0 Å². The summed E-state index contributed by atoms with van der Waals surface area (Å²) in [5.74, 6) is 2.41. The molecule has 4 aromatic heterocycles. The first-order valence-corrected chi connectivity index (χ1v) is 17.4. The maximum atomic E-state index is 6.77. The predicted molar refractivity (Wildman–Crippen MR) is 197 cm³/mol. The second-order valence-corrected chi connectivity index (χ2v) is 13.4. The Kier molecular flexibility index (Phi) is 6.27. The van der Waals surface area contributed by atoms with Gasteiger partial charge in [0.2, 0.25) is 0 Å². The first kappa shape index (κ1) is 28.3. The fraction of sp³-hybridized carbons (Fsp3) is 0.0233. The van der Waals surface area contributed by atoms with Gasteiger partial charge in [-0.15, -0.1) is 0 Å². The molecule has 0 amide bonds. The van der Waals surface area contributed by atoms with E-state index in [1.54, 1.807) is 0 Å². The van der Waals surface area contributed by atoms with Crippen LogP contribution in [0.3, 0.4) is 0 Å². The van der Waals surface area contributed by atoms with Gasteiger partial charge in [0.15, 0.2) is 0 Å². The third-order valence-electron chi connectivity index (χ3n) is 9.72. The number of para-hydroxylation sites is 2. The van der Waals surface area contributed by atoms with Crippen LogP contribution in [0.2, 0.25) is 0 Å². The van der Waals surface area contributed by atoms with Gasteiger partial charge in [0, 0.05) is 6.20 Å². The average molecular weight is 812 g/mol. The van der Waals surface area contributed by atoms with Crippen LogP contribution >= 0.6 is 0 Å². The zero-order valence-corrected chi connectivity index (χ0v) is 28.7. The van der Waals surface area contributed by atoms with Crippen molar-refractivity contribution < 1.29 is 24.1 Å². The Morgan fingerprint density at radius 1 is 0.490 bits per heavy atom. The molecule has 0 aliphatic heterocycles. The minimum atomic E-state index is 0.766. The van der Waals surface area contributed by atoms with E-state index >= 15 is 0 Å². The van der Waals surface area contributed by atoms with Crippen molar-refractivity contribution in [2.24, 2.45) is 7.05 Å². The third-order valence-corrected chi connectivity index (χ3v) is 11.0. The van der Waals surface area contributed by atoms with Gasteiger partial charge >= 0.3 is 263 Å². The fourth-order valence-electron chi connectivity index (χ4n) is 7.57. The molecule has 0 saturated heterocycles. The van der Waals surface area contributed by atoms with E-state index in [1.165, 1.54) is 43.4 Å². The van der Waals surface area contributed by atoms with E-state index in [-0.39, 0.29) is 0 Å². The number of aromatic nitrogens is 4. The molecular weight excluding hydrogens is 784 g/mol. The summed E-state index contributed by atoms with van der Waals surface area (Å²) in [5, 5.41) is 9.54. The van der Waals surface area contributed by atoms with E-state index in [0.29, 0.717) is 0 Å². The number of aryl methyl sites for hydroxylation is 1. The fourth-order valence-corrected chi connectivity index (χ4v) is 8.37. The van der Waals surface area contributed by atoms with Crippen LogP contribution < -0.4 is 4.74 Å². The Morgan fingerprint density at radius 2 is 1.02 bits per heavy atom. The molecule has 0 aliphatic rings. The summed E-state index contributed by atoms with van der Waals surface area (Å²) < 4.78 is 14.8. The van der Waals surface area contributed by atoms with E-state index in [0.717, 1.165) is 48.4 Å². The number of benzene rings is 6. The van der Waals surface area contributed by atoms with Gasteiger partial charge < -0.3 is 0 Å². The van der Waals surface area contributed by atoms with Crippen LogP contribution in [0.25, 0.3) is 76.5 Å². The SMILES string of the molecule is Cn1[c](=[Pt])n2c3cc(Oc4ccc5c6ccccc6n(-c6ccccn6)c5c4)ccc3c3ccccc3c3ccccc3c3cccc1c32. The van der Waals surface area contributed by atoms with E-state index < -0.39 is 0 Å². The van der Waals surface area contributed by atoms with Crippen molar-refractivity contribution in [2.75, 3.05) is 0 Å². The molecule has 4 heterocycles. The van der Waals surface area contributed by atoms with Crippen LogP contribution in [0.15, 0.2) is 152 Å². The summed E-state index contributed by atoms with van der Waals surface area (Å²) in [5.41, 5.74) is 5.59. The van der Waals surface area contributed by atoms with Crippen LogP contribution in [0.4, 0.5) is 0 Å². The molecule has 10 aromatic rings. The molecule has 0 spiro atoms. The summed E-state index contributed by atoms with van der Waals surface area (Å²) in [6, 6.07) is 51.5. The van der Waals surface area contributed by atoms with Crippen molar-refractivity contribution in [3.8, 4) is 17.3 Å². The van der Waals surface area contributed by atoms with Crippen LogP contribution in [0.5, 0.6) is 11.5 Å². The average Bonchev–Trinajstić information content (AvgIpc) is 3.63. The van der Waals surface area contributed by atoms with Gasteiger partial charge in [-0.05, 0) is 6.07 Å². The predicted octanol–water partition coefficient (Wildman–Crippen LogP) is 10.8. The zero-order valence-electron chi connectivity index (χ0n) is 26.4. The van der Waals surface area contributed by atoms with E-state index in [9.17, 15) is 0 Å². The molecular formula is C43H28N4OPt. The van der Waals surface area contributed by atoms with E-state index in [1.807, 2.05) is 24.4 Å². The molecule has 6 heteroatoms. The van der Waals surface area contributed by atoms with Crippen molar-refractivity contribution >= 4 is 70.7 Å². The molecule has 0 radical (unpaired) electrons. The molecule has 0 fully saturated rings. The Labute approximate surface area is 291 Å². The normalized spacial score (nSPS) is 11.9. The number of hydrogen-bond acceptors (Lipinski definition) is 2. The number of pyridine rings is 1. The second-order valence-electron chi connectivity index (χ2n) is 12.4. The molecule has 0 N–H and O–H groups in total. The van der Waals surface area contributed by atoms with Crippen molar-refractivity contribution in [3.63, 3.8) is 0 Å². The second kappa shape index (κ2) is 10.9. The zero-order chi connectivity index (χ0) is 32.6. The molecule has 0 aliphatic carbocycles. The van der Waals surface area contributed by atoms with Crippen molar-refractivity contribution in [1.82, 2.24) is 18.5 Å². The molecule has 236 valence electrons. The van der Waals surface area contributed by atoms with Gasteiger partial charge in [0.25, 0.3) is 0 Å². The van der Waals surface area contributed by atoms with Gasteiger partial charge in [-0.1, -0.05) is 18.2 Å². The number of fused-ring (bicyclic) bond motifs is 10. The van der Waals surface area contributed by atoms with Gasteiger partial charge in [-0.2, -0.15) is 0 Å². The molecule has 6 aromatic carbocycles. The Balaban J connectivity index is 1.27. The first-order valence-electron chi connectivity index (χ1n) is 16.3. The standard InChI is InChI=1S/C43H28N4O.Pt/c1-45-27-46-40-25-28(48-29-21-23-36-34-15-6-7-17-38(34)47(41(36)26-29)42-19-8-9-24-44-42)20-22-35(40)32-13-4-2-11-30(32)31-12-3-5-14-33(31)37-16-10-18-39(45)43(37)46;/h2-26H,1H3;. The quantitative estimate of drug-likeness (QED) is 0.178. The van der Waals surface area contributed by atoms with Crippen LogP contribution in [0.1, 0.15) is 0 Å². The van der Waals surface area contributed by atoms with E-state index in [2.05, 4.69) is 167 Å². The van der Waals surface area contributed by atoms with E-state index in [4.69, 9.17) is 9.72 Å².